The van der Waals surface area contributed by atoms with Crippen LogP contribution in [0.4, 0.5) is 14.5 Å². The zero-order valence-corrected chi connectivity index (χ0v) is 22.4. The number of halogens is 2. The fourth-order valence-corrected chi connectivity index (χ4v) is 4.94. The molecule has 0 unspecified atom stereocenters. The summed E-state index contributed by atoms with van der Waals surface area (Å²) < 4.78 is 32.2. The molecule has 5 aromatic rings. The average Bonchev–Trinajstić information content (AvgIpc) is 3.66. The summed E-state index contributed by atoms with van der Waals surface area (Å²) in [5, 5.41) is 14.0. The number of benzene rings is 2. The van der Waals surface area contributed by atoms with Gasteiger partial charge in [-0.1, -0.05) is 35.1 Å². The maximum atomic E-state index is 13.4. The number of aromatic nitrogens is 6. The Morgan fingerprint density at radius 1 is 1.00 bits per heavy atom. The summed E-state index contributed by atoms with van der Waals surface area (Å²) in [6.45, 7) is 0.204. The number of nitrogens with zero attached hydrogens (tertiary/aromatic N) is 8. The molecule has 2 amide bonds. The van der Waals surface area contributed by atoms with E-state index < -0.39 is 12.6 Å². The SMILES string of the molecule is CC(=O)Nc1ccc2oc(-c3ccnc(C(=O)N4CCN([C@@H](c5ccccc5)c5nnn(C(F)F)n5)CC4)c3)nc2c1. The van der Waals surface area contributed by atoms with E-state index in [2.05, 4.69) is 30.7 Å². The summed E-state index contributed by atoms with van der Waals surface area (Å²) in [6, 6.07) is 17.3. The first-order chi connectivity index (χ1) is 20.4. The molecular weight excluding hydrogens is 548 g/mol. The molecule has 1 atom stereocenters. The molecule has 214 valence electrons. The monoisotopic (exact) mass is 573 g/mol. The molecule has 0 spiro atoms. The molecule has 14 heteroatoms. The van der Waals surface area contributed by atoms with E-state index in [0.717, 1.165) is 5.56 Å². The van der Waals surface area contributed by atoms with Crippen molar-refractivity contribution < 1.29 is 22.8 Å². The minimum atomic E-state index is -2.89. The van der Waals surface area contributed by atoms with Crippen LogP contribution in [-0.2, 0) is 4.79 Å². The zero-order valence-electron chi connectivity index (χ0n) is 22.4. The van der Waals surface area contributed by atoms with Gasteiger partial charge >= 0.3 is 6.55 Å². The number of hydrogen-bond acceptors (Lipinski definition) is 9. The fraction of sp³-hybridized carbons (Fsp3) is 0.250. The van der Waals surface area contributed by atoms with Crippen molar-refractivity contribution in [3.63, 3.8) is 0 Å². The highest BCUT2D eigenvalue weighted by Gasteiger charge is 2.32. The number of nitrogens with one attached hydrogen (secondary N) is 1. The highest BCUT2D eigenvalue weighted by atomic mass is 19.3. The van der Waals surface area contributed by atoms with Crippen LogP contribution in [-0.4, -0.2) is 78.0 Å². The van der Waals surface area contributed by atoms with Gasteiger partial charge in [-0.3, -0.25) is 19.5 Å². The lowest BCUT2D eigenvalue weighted by atomic mass is 10.0. The number of carbonyl (C=O) groups is 2. The minimum Gasteiger partial charge on any atom is -0.436 e. The summed E-state index contributed by atoms with van der Waals surface area (Å²) in [6.07, 6.45) is 1.53. The van der Waals surface area contributed by atoms with E-state index in [4.69, 9.17) is 4.42 Å². The summed E-state index contributed by atoms with van der Waals surface area (Å²) in [4.78, 5) is 37.6. The predicted molar refractivity (Wildman–Crippen MR) is 146 cm³/mol. The van der Waals surface area contributed by atoms with Crippen LogP contribution < -0.4 is 5.32 Å². The van der Waals surface area contributed by atoms with Crippen LogP contribution >= 0.6 is 0 Å². The van der Waals surface area contributed by atoms with Gasteiger partial charge in [0.2, 0.25) is 11.8 Å². The molecule has 0 bridgehead atoms. The van der Waals surface area contributed by atoms with Crippen molar-refractivity contribution in [1.82, 2.24) is 40.0 Å². The summed E-state index contributed by atoms with van der Waals surface area (Å²) >= 11 is 0. The van der Waals surface area contributed by atoms with Gasteiger partial charge in [-0.2, -0.15) is 8.78 Å². The highest BCUT2D eigenvalue weighted by Crippen LogP contribution is 2.29. The van der Waals surface area contributed by atoms with E-state index in [9.17, 15) is 18.4 Å². The van der Waals surface area contributed by atoms with Crippen molar-refractivity contribution in [2.24, 2.45) is 0 Å². The lowest BCUT2D eigenvalue weighted by Gasteiger charge is -2.38. The first-order valence-electron chi connectivity index (χ1n) is 13.2. The second-order valence-corrected chi connectivity index (χ2v) is 9.70. The van der Waals surface area contributed by atoms with Gasteiger partial charge < -0.3 is 14.6 Å². The Bertz CT molecular complexity index is 1730. The van der Waals surface area contributed by atoms with Crippen LogP contribution in [0.2, 0.25) is 0 Å². The first-order valence-corrected chi connectivity index (χ1v) is 13.2. The lowest BCUT2D eigenvalue weighted by molar-refractivity contribution is -0.114. The number of oxazole rings is 1. The molecule has 1 aliphatic rings. The molecule has 1 aliphatic heterocycles. The molecule has 6 rings (SSSR count). The van der Waals surface area contributed by atoms with Crippen LogP contribution in [0.25, 0.3) is 22.6 Å². The van der Waals surface area contributed by atoms with E-state index in [1.165, 1.54) is 13.1 Å². The smallest absolute Gasteiger partial charge is 0.350 e. The molecule has 1 saturated heterocycles. The molecule has 2 aromatic carbocycles. The average molecular weight is 574 g/mol. The van der Waals surface area contributed by atoms with Crippen molar-refractivity contribution >= 4 is 28.6 Å². The molecule has 4 heterocycles. The number of hydrogen-bond donors (Lipinski definition) is 1. The lowest BCUT2D eigenvalue weighted by Crippen LogP contribution is -2.50. The van der Waals surface area contributed by atoms with Crippen LogP contribution in [0.3, 0.4) is 0 Å². The van der Waals surface area contributed by atoms with Crippen LogP contribution in [0.1, 0.15) is 41.4 Å². The van der Waals surface area contributed by atoms with Gasteiger partial charge in [0.1, 0.15) is 11.2 Å². The fourth-order valence-electron chi connectivity index (χ4n) is 4.94. The van der Waals surface area contributed by atoms with Gasteiger partial charge in [0.15, 0.2) is 11.4 Å². The molecule has 42 heavy (non-hydrogen) atoms. The molecule has 0 aliphatic carbocycles. The molecule has 0 saturated carbocycles. The number of alkyl halides is 2. The van der Waals surface area contributed by atoms with Crippen molar-refractivity contribution in [3.05, 3.63) is 83.9 Å². The van der Waals surface area contributed by atoms with Gasteiger partial charge in [-0.05, 0) is 41.1 Å². The molecular formula is C28H25F2N9O3. The Hall–Kier alpha value is -5.11. The number of pyridine rings is 1. The minimum absolute atomic E-state index is 0.165. The Morgan fingerprint density at radius 2 is 1.79 bits per heavy atom. The molecule has 0 radical (unpaired) electrons. The maximum Gasteiger partial charge on any atom is 0.350 e. The highest BCUT2D eigenvalue weighted by molar-refractivity contribution is 5.94. The Balaban J connectivity index is 1.18. The second-order valence-electron chi connectivity index (χ2n) is 9.70. The van der Waals surface area contributed by atoms with Gasteiger partial charge in [-0.25, -0.2) is 4.98 Å². The van der Waals surface area contributed by atoms with E-state index >= 15 is 0 Å². The van der Waals surface area contributed by atoms with E-state index in [1.807, 2.05) is 35.2 Å². The standard InChI is InChI=1S/C28H25F2N9O3/c1-17(40)32-20-7-8-23-21(16-20)33-26(42-23)19-9-10-31-22(15-19)27(41)38-13-11-37(12-14-38)24(18-5-3-2-4-6-18)25-34-36-39(35-25)28(29)30/h2-10,15-16,24,28H,11-14H2,1H3,(H,32,40)/t24-/m0/s1. The molecule has 12 nitrogen and oxygen atoms in total. The van der Waals surface area contributed by atoms with Gasteiger partial charge in [-0.15, -0.1) is 10.2 Å². The predicted octanol–water partition coefficient (Wildman–Crippen LogP) is 3.78. The van der Waals surface area contributed by atoms with Gasteiger partial charge in [0.25, 0.3) is 5.91 Å². The number of piperazine rings is 1. The molecule has 1 N–H and O–H groups in total. The molecule has 3 aromatic heterocycles. The number of tetrazole rings is 1. The summed E-state index contributed by atoms with van der Waals surface area (Å²) in [5.74, 6) is 0.0426. The van der Waals surface area contributed by atoms with Gasteiger partial charge in [0.05, 0.1) is 6.04 Å². The normalized spacial score (nSPS) is 14.8. The number of amides is 2. The summed E-state index contributed by atoms with van der Waals surface area (Å²) in [7, 11) is 0. The maximum absolute atomic E-state index is 13.4. The van der Waals surface area contributed by atoms with Crippen molar-refractivity contribution in [2.45, 2.75) is 19.5 Å². The number of fused-ring (bicyclic) bond motifs is 1. The topological polar surface area (TPSA) is 135 Å². The second kappa shape index (κ2) is 11.4. The quantitative estimate of drug-likeness (QED) is 0.309. The Labute approximate surface area is 238 Å². The van der Waals surface area contributed by atoms with Crippen molar-refractivity contribution in [1.29, 1.82) is 0 Å². The third-order valence-corrected chi connectivity index (χ3v) is 6.88. The Morgan fingerprint density at radius 3 is 2.50 bits per heavy atom. The van der Waals surface area contributed by atoms with Crippen molar-refractivity contribution in [2.75, 3.05) is 31.5 Å². The van der Waals surface area contributed by atoms with E-state index in [0.29, 0.717) is 59.2 Å². The van der Waals surface area contributed by atoms with Crippen LogP contribution in [0.5, 0.6) is 0 Å². The van der Waals surface area contributed by atoms with E-state index in [-0.39, 0.29) is 23.3 Å². The number of anilines is 1. The van der Waals surface area contributed by atoms with E-state index in [1.54, 1.807) is 35.2 Å². The third-order valence-electron chi connectivity index (χ3n) is 6.88. The van der Waals surface area contributed by atoms with Gasteiger partial charge in [0, 0.05) is 50.6 Å². The summed E-state index contributed by atoms with van der Waals surface area (Å²) in [5.41, 5.74) is 3.36. The zero-order chi connectivity index (χ0) is 29.2. The van der Waals surface area contributed by atoms with Crippen LogP contribution in [0.15, 0.2) is 71.3 Å². The van der Waals surface area contributed by atoms with Crippen molar-refractivity contribution in [3.8, 4) is 11.5 Å². The first kappa shape index (κ1) is 27.1. The van der Waals surface area contributed by atoms with Crippen LogP contribution in [0, 0.1) is 0 Å². The Kier molecular flexibility index (Phi) is 7.35. The largest absolute Gasteiger partial charge is 0.436 e. The molecule has 1 fully saturated rings. The number of carbonyl (C=O) groups excluding carboxylic acids is 2. The number of rotatable bonds is 7. The third kappa shape index (κ3) is 5.56.